The molecule has 2 amide bonds. The molecular formula is C25H20ClFN4O2. The van der Waals surface area contributed by atoms with Gasteiger partial charge in [0, 0.05) is 23.6 Å². The highest BCUT2D eigenvalue weighted by Crippen LogP contribution is 2.43. The molecule has 0 unspecified atom stereocenters. The minimum atomic E-state index is -1.06. The molecule has 0 fully saturated rings. The molecule has 2 heterocycles. The molecule has 33 heavy (non-hydrogen) atoms. The van der Waals surface area contributed by atoms with Crippen molar-refractivity contribution in [3.05, 3.63) is 106 Å². The molecule has 0 aliphatic heterocycles. The second-order valence-electron chi connectivity index (χ2n) is 8.02. The number of benzene rings is 2. The molecule has 1 aliphatic rings. The van der Waals surface area contributed by atoms with Crippen LogP contribution in [0.2, 0.25) is 5.02 Å². The van der Waals surface area contributed by atoms with E-state index in [1.807, 2.05) is 6.07 Å². The molecule has 6 nitrogen and oxygen atoms in total. The van der Waals surface area contributed by atoms with E-state index in [4.69, 9.17) is 17.3 Å². The number of rotatable bonds is 5. The van der Waals surface area contributed by atoms with Crippen molar-refractivity contribution < 1.29 is 14.0 Å². The Kier molecular flexibility index (Phi) is 5.34. The van der Waals surface area contributed by atoms with E-state index in [2.05, 4.69) is 4.98 Å². The highest BCUT2D eigenvalue weighted by Gasteiger charge is 2.40. The molecule has 2 atom stereocenters. The number of hydrogen-bond donors (Lipinski definition) is 1. The van der Waals surface area contributed by atoms with Crippen LogP contribution in [0.15, 0.2) is 73.2 Å². The average Bonchev–Trinajstić information content (AvgIpc) is 3.44. The Hall–Kier alpha value is -3.71. The molecule has 1 aliphatic carbocycles. The molecule has 2 aromatic heterocycles. The van der Waals surface area contributed by atoms with Crippen molar-refractivity contribution in [1.82, 2.24) is 14.3 Å². The molecule has 4 aromatic rings. The SMILES string of the molecule is NC(=O)[C@@H](c1ccccc1)N(C(=O)c1cccn2ccnc12)[C@@H]1CCc2c(F)cc(Cl)cc21. The number of nitrogens with two attached hydrogens (primary N) is 1. The Morgan fingerprint density at radius 2 is 1.94 bits per heavy atom. The Bertz CT molecular complexity index is 1370. The molecular weight excluding hydrogens is 443 g/mol. The monoisotopic (exact) mass is 462 g/mol. The fourth-order valence-corrected chi connectivity index (χ4v) is 4.91. The molecule has 166 valence electrons. The average molecular weight is 463 g/mol. The smallest absolute Gasteiger partial charge is 0.259 e. The van der Waals surface area contributed by atoms with Gasteiger partial charge in [0.15, 0.2) is 0 Å². The largest absolute Gasteiger partial charge is 0.368 e. The number of hydrogen-bond acceptors (Lipinski definition) is 3. The maximum Gasteiger partial charge on any atom is 0.259 e. The Morgan fingerprint density at radius 3 is 2.70 bits per heavy atom. The first-order chi connectivity index (χ1) is 16.0. The summed E-state index contributed by atoms with van der Waals surface area (Å²) in [4.78, 5) is 32.7. The maximum absolute atomic E-state index is 14.7. The highest BCUT2D eigenvalue weighted by molar-refractivity contribution is 6.30. The van der Waals surface area contributed by atoms with E-state index in [-0.39, 0.29) is 5.02 Å². The summed E-state index contributed by atoms with van der Waals surface area (Å²) in [5.74, 6) is -1.52. The highest BCUT2D eigenvalue weighted by atomic mass is 35.5. The van der Waals surface area contributed by atoms with Gasteiger partial charge in [0.2, 0.25) is 5.91 Å². The predicted molar refractivity (Wildman–Crippen MR) is 122 cm³/mol. The number of primary amides is 1. The van der Waals surface area contributed by atoms with Gasteiger partial charge in [-0.05, 0) is 53.8 Å². The molecule has 0 saturated heterocycles. The van der Waals surface area contributed by atoms with Gasteiger partial charge in [-0.2, -0.15) is 0 Å². The Labute approximate surface area is 194 Å². The molecule has 5 rings (SSSR count). The van der Waals surface area contributed by atoms with E-state index >= 15 is 0 Å². The number of halogens is 2. The second-order valence-corrected chi connectivity index (χ2v) is 8.45. The van der Waals surface area contributed by atoms with E-state index in [0.29, 0.717) is 40.7 Å². The molecule has 0 radical (unpaired) electrons. The van der Waals surface area contributed by atoms with E-state index < -0.39 is 29.7 Å². The van der Waals surface area contributed by atoms with Crippen LogP contribution in [0.4, 0.5) is 4.39 Å². The van der Waals surface area contributed by atoms with Crippen LogP contribution in [-0.4, -0.2) is 26.1 Å². The van der Waals surface area contributed by atoms with E-state index in [0.717, 1.165) is 0 Å². The molecule has 2 N–H and O–H groups in total. The molecule has 0 spiro atoms. The van der Waals surface area contributed by atoms with Crippen molar-refractivity contribution in [3.63, 3.8) is 0 Å². The summed E-state index contributed by atoms with van der Waals surface area (Å²) in [5.41, 5.74) is 8.31. The van der Waals surface area contributed by atoms with Crippen LogP contribution in [0, 0.1) is 5.82 Å². The first-order valence-electron chi connectivity index (χ1n) is 10.5. The topological polar surface area (TPSA) is 80.7 Å². The zero-order valence-corrected chi connectivity index (χ0v) is 18.2. The van der Waals surface area contributed by atoms with E-state index in [1.165, 1.54) is 11.0 Å². The number of fused-ring (bicyclic) bond motifs is 2. The number of aromatic nitrogens is 2. The third kappa shape index (κ3) is 3.64. The fraction of sp³-hybridized carbons (Fsp3) is 0.160. The molecule has 8 heteroatoms. The lowest BCUT2D eigenvalue weighted by Crippen LogP contribution is -2.43. The van der Waals surface area contributed by atoms with Gasteiger partial charge in [-0.3, -0.25) is 9.59 Å². The van der Waals surface area contributed by atoms with E-state index in [1.54, 1.807) is 65.5 Å². The third-order valence-electron chi connectivity index (χ3n) is 6.10. The Balaban J connectivity index is 1.71. The van der Waals surface area contributed by atoms with Crippen LogP contribution in [0.5, 0.6) is 0 Å². The van der Waals surface area contributed by atoms with Crippen molar-refractivity contribution in [3.8, 4) is 0 Å². The number of pyridine rings is 1. The van der Waals surface area contributed by atoms with Gasteiger partial charge in [0.25, 0.3) is 5.91 Å². The normalized spacial score (nSPS) is 15.9. The van der Waals surface area contributed by atoms with Crippen molar-refractivity contribution in [2.45, 2.75) is 24.9 Å². The molecule has 0 saturated carbocycles. The number of carbonyl (C=O) groups is 2. The van der Waals surface area contributed by atoms with Crippen LogP contribution >= 0.6 is 11.6 Å². The summed E-state index contributed by atoms with van der Waals surface area (Å²) in [5, 5.41) is 0.233. The lowest BCUT2D eigenvalue weighted by atomic mass is 9.98. The van der Waals surface area contributed by atoms with Crippen LogP contribution in [-0.2, 0) is 11.2 Å². The van der Waals surface area contributed by atoms with Gasteiger partial charge in [0.1, 0.15) is 17.5 Å². The quantitative estimate of drug-likeness (QED) is 0.474. The summed E-state index contributed by atoms with van der Waals surface area (Å²) < 4.78 is 16.4. The summed E-state index contributed by atoms with van der Waals surface area (Å²) in [6.45, 7) is 0. The number of nitrogens with zero attached hydrogens (tertiary/aromatic N) is 3. The lowest BCUT2D eigenvalue weighted by molar-refractivity contribution is -0.123. The minimum Gasteiger partial charge on any atom is -0.368 e. The van der Waals surface area contributed by atoms with Gasteiger partial charge in [-0.25, -0.2) is 9.37 Å². The van der Waals surface area contributed by atoms with Crippen molar-refractivity contribution in [1.29, 1.82) is 0 Å². The number of amides is 2. The predicted octanol–water partition coefficient (Wildman–Crippen LogP) is 4.48. The van der Waals surface area contributed by atoms with Crippen LogP contribution in [0.3, 0.4) is 0 Å². The molecule has 0 bridgehead atoms. The Morgan fingerprint density at radius 1 is 1.15 bits per heavy atom. The number of carbonyl (C=O) groups excluding carboxylic acids is 2. The van der Waals surface area contributed by atoms with Crippen LogP contribution < -0.4 is 5.73 Å². The van der Waals surface area contributed by atoms with Crippen LogP contribution in [0.1, 0.15) is 45.6 Å². The van der Waals surface area contributed by atoms with Crippen molar-refractivity contribution in [2.75, 3.05) is 0 Å². The summed E-state index contributed by atoms with van der Waals surface area (Å²) >= 11 is 6.17. The standard InChI is InChI=1S/C25H20ClFN4O2/c26-16-13-19-17(20(27)14-16)8-9-21(19)31(22(23(28)32)15-5-2-1-3-6-15)25(33)18-7-4-11-30-12-10-29-24(18)30/h1-7,10-14,21-22H,8-9H2,(H2,28,32)/t21-,22-/m1/s1. The minimum absolute atomic E-state index is 0.233. The van der Waals surface area contributed by atoms with Crippen LogP contribution in [0.25, 0.3) is 5.65 Å². The van der Waals surface area contributed by atoms with Gasteiger partial charge in [-0.1, -0.05) is 41.9 Å². The third-order valence-corrected chi connectivity index (χ3v) is 6.32. The first-order valence-corrected chi connectivity index (χ1v) is 10.9. The van der Waals surface area contributed by atoms with Gasteiger partial charge in [-0.15, -0.1) is 0 Å². The van der Waals surface area contributed by atoms with Gasteiger partial charge < -0.3 is 15.0 Å². The van der Waals surface area contributed by atoms with Gasteiger partial charge in [0.05, 0.1) is 11.6 Å². The fourth-order valence-electron chi connectivity index (χ4n) is 4.70. The number of imidazole rings is 1. The van der Waals surface area contributed by atoms with Crippen molar-refractivity contribution >= 4 is 29.1 Å². The lowest BCUT2D eigenvalue weighted by Gasteiger charge is -2.36. The van der Waals surface area contributed by atoms with Crippen molar-refractivity contribution in [2.24, 2.45) is 5.73 Å². The zero-order valence-electron chi connectivity index (χ0n) is 17.5. The zero-order chi connectivity index (χ0) is 23.1. The second kappa shape index (κ2) is 8.33. The summed E-state index contributed by atoms with van der Waals surface area (Å²) in [7, 11) is 0. The first kappa shape index (κ1) is 21.2. The van der Waals surface area contributed by atoms with Gasteiger partial charge >= 0.3 is 0 Å². The van der Waals surface area contributed by atoms with E-state index in [9.17, 15) is 14.0 Å². The molecule has 2 aromatic carbocycles. The maximum atomic E-state index is 14.7. The summed E-state index contributed by atoms with van der Waals surface area (Å²) in [6.07, 6.45) is 5.97. The summed E-state index contributed by atoms with van der Waals surface area (Å²) in [6, 6.07) is 13.6.